The number of aromatic nitrogens is 2. The van der Waals surface area contributed by atoms with Gasteiger partial charge < -0.3 is 20.0 Å². The molecule has 2 aliphatic heterocycles. The smallest absolute Gasteiger partial charge is 0.293 e. The number of rotatable bonds is 17. The Hall–Kier alpha value is -5.78. The van der Waals surface area contributed by atoms with Crippen LogP contribution < -0.4 is 14.9 Å². The molecule has 332 valence electrons. The number of nitro benzene ring substituents is 1. The lowest BCUT2D eigenvalue weighted by Gasteiger charge is -2.36. The van der Waals surface area contributed by atoms with Crippen molar-refractivity contribution in [3.05, 3.63) is 142 Å². The summed E-state index contributed by atoms with van der Waals surface area (Å²) in [6, 6.07) is 35.9. The summed E-state index contributed by atoms with van der Waals surface area (Å²) in [5.41, 5.74) is 6.09. The molecule has 2 fully saturated rings. The number of likely N-dealkylation sites (tertiary alicyclic amines) is 1. The average molecular weight is 921 g/mol. The molecule has 0 saturated carbocycles. The first-order valence-corrected chi connectivity index (χ1v) is 24.1. The lowest BCUT2D eigenvalue weighted by atomic mass is 9.99. The molecule has 64 heavy (non-hydrogen) atoms. The zero-order valence-corrected chi connectivity index (χ0v) is 37.9. The normalized spacial score (nSPS) is 15.5. The molecular weight excluding hydrogens is 870 g/mol. The summed E-state index contributed by atoms with van der Waals surface area (Å²) in [5.74, 6) is 0.730. The number of nitrogens with one attached hydrogen (secondary N) is 2. The third kappa shape index (κ3) is 11.3. The van der Waals surface area contributed by atoms with Gasteiger partial charge in [-0.05, 0) is 77.7 Å². The van der Waals surface area contributed by atoms with Crippen LogP contribution in [0, 0.1) is 10.1 Å². The molecule has 6 aromatic rings. The predicted octanol–water partition coefficient (Wildman–Crippen LogP) is 9.04. The number of piperazine rings is 1. The fraction of sp³-hybridized carbons (Fsp3) is 0.298. The summed E-state index contributed by atoms with van der Waals surface area (Å²) in [6.07, 6.45) is 3.69. The van der Waals surface area contributed by atoms with E-state index >= 15 is 0 Å². The van der Waals surface area contributed by atoms with E-state index in [1.165, 1.54) is 29.6 Å². The molecule has 0 amide bonds. The highest BCUT2D eigenvalue weighted by atomic mass is 35.5. The van der Waals surface area contributed by atoms with Crippen LogP contribution in [0.4, 0.5) is 22.9 Å². The summed E-state index contributed by atoms with van der Waals surface area (Å²) in [4.78, 5) is 33.6. The first-order valence-electron chi connectivity index (χ1n) is 21.2. The SMILES string of the molecule is CON=C1CCN(CCC(CSc2ccccc2)Nc2ccc(S(=O)(=O)Nc3ncnc4cc(N5CCN(Cc6ccccc6-c6ccc(Cl)cc6)CC5)ccc34)cc2[N+](=O)[O-])CC1. The first kappa shape index (κ1) is 44.8. The van der Waals surface area contributed by atoms with E-state index in [9.17, 15) is 18.5 Å². The second-order valence-corrected chi connectivity index (χ2v) is 19.0. The molecular formula is C47H50ClN9O5S2. The Morgan fingerprint density at radius 3 is 2.38 bits per heavy atom. The predicted molar refractivity (Wildman–Crippen MR) is 257 cm³/mol. The summed E-state index contributed by atoms with van der Waals surface area (Å²) in [5, 5.41) is 21.2. The maximum atomic E-state index is 13.9. The van der Waals surface area contributed by atoms with Crippen molar-refractivity contribution in [2.75, 3.05) is 73.6 Å². The number of thioether (sulfide) groups is 1. The van der Waals surface area contributed by atoms with Crippen molar-refractivity contribution in [2.24, 2.45) is 5.16 Å². The molecule has 0 spiro atoms. The fourth-order valence-electron chi connectivity index (χ4n) is 8.16. The third-order valence-corrected chi connectivity index (χ3v) is 14.4. The van der Waals surface area contributed by atoms with Gasteiger partial charge in [0.15, 0.2) is 5.82 Å². The maximum absolute atomic E-state index is 13.9. The van der Waals surface area contributed by atoms with E-state index in [0.717, 1.165) is 99.5 Å². The van der Waals surface area contributed by atoms with Crippen molar-refractivity contribution in [3.63, 3.8) is 0 Å². The van der Waals surface area contributed by atoms with Gasteiger partial charge in [0.05, 0.1) is 21.0 Å². The number of halogens is 1. The summed E-state index contributed by atoms with van der Waals surface area (Å²) >= 11 is 7.81. The Labute approximate surface area is 382 Å². The lowest BCUT2D eigenvalue weighted by Crippen LogP contribution is -2.46. The molecule has 17 heteroatoms. The molecule has 0 radical (unpaired) electrons. The molecule has 14 nitrogen and oxygen atoms in total. The van der Waals surface area contributed by atoms with Gasteiger partial charge in [-0.25, -0.2) is 18.4 Å². The van der Waals surface area contributed by atoms with Crippen LogP contribution >= 0.6 is 23.4 Å². The molecule has 1 atom stereocenters. The van der Waals surface area contributed by atoms with Crippen molar-refractivity contribution in [3.8, 4) is 11.1 Å². The van der Waals surface area contributed by atoms with E-state index in [4.69, 9.17) is 16.4 Å². The van der Waals surface area contributed by atoms with Crippen LogP contribution in [0.1, 0.15) is 24.8 Å². The third-order valence-electron chi connectivity index (χ3n) is 11.6. The minimum Gasteiger partial charge on any atom is -0.399 e. The number of hydrogen-bond donors (Lipinski definition) is 2. The van der Waals surface area contributed by atoms with Gasteiger partial charge in [-0.2, -0.15) is 0 Å². The number of piperidine rings is 1. The van der Waals surface area contributed by atoms with Crippen molar-refractivity contribution in [1.82, 2.24) is 19.8 Å². The molecule has 2 aliphatic rings. The van der Waals surface area contributed by atoms with Gasteiger partial charge in [-0.15, -0.1) is 11.8 Å². The van der Waals surface area contributed by atoms with Crippen molar-refractivity contribution < 1.29 is 18.2 Å². The zero-order valence-electron chi connectivity index (χ0n) is 35.5. The highest BCUT2D eigenvalue weighted by Gasteiger charge is 2.26. The Bertz CT molecular complexity index is 2690. The fourth-order valence-corrected chi connectivity index (χ4v) is 10.3. The highest BCUT2D eigenvalue weighted by molar-refractivity contribution is 7.99. The van der Waals surface area contributed by atoms with Crippen LogP contribution in [0.2, 0.25) is 5.02 Å². The molecule has 1 unspecified atom stereocenters. The second kappa shape index (κ2) is 20.8. The van der Waals surface area contributed by atoms with Gasteiger partial charge >= 0.3 is 0 Å². The summed E-state index contributed by atoms with van der Waals surface area (Å²) in [6.45, 7) is 6.64. The minimum atomic E-state index is -4.29. The van der Waals surface area contributed by atoms with Crippen LogP contribution in [-0.4, -0.2) is 104 Å². The van der Waals surface area contributed by atoms with Crippen LogP contribution in [0.25, 0.3) is 22.0 Å². The van der Waals surface area contributed by atoms with Gasteiger partial charge in [-0.3, -0.25) is 19.7 Å². The van der Waals surface area contributed by atoms with Gasteiger partial charge in [0.2, 0.25) is 0 Å². The topological polar surface area (TPSA) is 158 Å². The van der Waals surface area contributed by atoms with Crippen molar-refractivity contribution in [1.29, 1.82) is 0 Å². The van der Waals surface area contributed by atoms with Gasteiger partial charge in [0.1, 0.15) is 19.1 Å². The standard InChI is InChI=1S/C47H50ClN9O5S2/c1-62-52-37-19-22-54(23-20-37)24-21-38(32-63-40-8-3-2-4-9-40)51-44-18-16-41(30-46(44)57(58)59)64(60,61)53-47-43-17-15-39(29-45(43)49-33-50-47)56-27-25-55(26-28-56)31-35-7-5-6-10-42(35)34-11-13-36(48)14-12-34/h2-18,29-30,33,38,51H,19-28,31-32H2,1H3,(H,49,50,53). The molecule has 3 heterocycles. The number of nitrogens with zero attached hydrogens (tertiary/aromatic N) is 7. The Morgan fingerprint density at radius 1 is 0.875 bits per heavy atom. The van der Waals surface area contributed by atoms with E-state index < -0.39 is 14.9 Å². The first-order chi connectivity index (χ1) is 31.1. The molecule has 2 saturated heterocycles. The summed E-state index contributed by atoms with van der Waals surface area (Å²) < 4.78 is 30.4. The van der Waals surface area contributed by atoms with Gasteiger partial charge in [-0.1, -0.05) is 71.4 Å². The molecule has 0 bridgehead atoms. The number of benzene rings is 5. The van der Waals surface area contributed by atoms with Crippen LogP contribution in [0.5, 0.6) is 0 Å². The lowest BCUT2D eigenvalue weighted by molar-refractivity contribution is -0.384. The quantitative estimate of drug-likeness (QED) is 0.0509. The van der Waals surface area contributed by atoms with E-state index in [1.807, 2.05) is 60.7 Å². The number of oxime groups is 1. The van der Waals surface area contributed by atoms with Crippen molar-refractivity contribution in [2.45, 2.75) is 41.6 Å². The number of sulfonamides is 1. The molecule has 0 aliphatic carbocycles. The molecule has 1 aromatic heterocycles. The molecule has 5 aromatic carbocycles. The highest BCUT2D eigenvalue weighted by Crippen LogP contribution is 2.33. The number of hydrogen-bond acceptors (Lipinski definition) is 13. The Kier molecular flexibility index (Phi) is 14.6. The monoisotopic (exact) mass is 919 g/mol. The van der Waals surface area contributed by atoms with Crippen LogP contribution in [-0.2, 0) is 21.4 Å². The van der Waals surface area contributed by atoms with Gasteiger partial charge in [0, 0.05) is 104 Å². The number of nitro groups is 1. The summed E-state index contributed by atoms with van der Waals surface area (Å²) in [7, 11) is -2.74. The van der Waals surface area contributed by atoms with E-state index in [-0.39, 0.29) is 28.1 Å². The molecule has 2 N–H and O–H groups in total. The number of fused-ring (bicyclic) bond motifs is 1. The number of anilines is 3. The maximum Gasteiger partial charge on any atom is 0.293 e. The average Bonchev–Trinajstić information content (AvgIpc) is 3.31. The van der Waals surface area contributed by atoms with Crippen LogP contribution in [0.15, 0.2) is 137 Å². The minimum absolute atomic E-state index is 0.0851. The van der Waals surface area contributed by atoms with E-state index in [2.05, 4.69) is 76.3 Å². The Morgan fingerprint density at radius 2 is 1.62 bits per heavy atom. The zero-order chi connectivity index (χ0) is 44.5. The van der Waals surface area contributed by atoms with Crippen LogP contribution in [0.3, 0.4) is 0 Å². The largest absolute Gasteiger partial charge is 0.399 e. The van der Waals surface area contributed by atoms with Crippen molar-refractivity contribution >= 4 is 72.9 Å². The van der Waals surface area contributed by atoms with Gasteiger partial charge in [0.25, 0.3) is 15.7 Å². The van der Waals surface area contributed by atoms with E-state index in [1.54, 1.807) is 18.9 Å². The second-order valence-electron chi connectivity index (χ2n) is 15.8. The Balaban J connectivity index is 0.928. The van der Waals surface area contributed by atoms with E-state index in [0.29, 0.717) is 21.7 Å². The molecule has 8 rings (SSSR count).